The first-order valence-electron chi connectivity index (χ1n) is 26.8. The van der Waals surface area contributed by atoms with Gasteiger partial charge >= 0.3 is 0 Å². The summed E-state index contributed by atoms with van der Waals surface area (Å²) in [5.41, 5.74) is 3.12. The summed E-state index contributed by atoms with van der Waals surface area (Å²) in [6, 6.07) is 40.8. The van der Waals surface area contributed by atoms with E-state index in [0.29, 0.717) is 41.3 Å². The van der Waals surface area contributed by atoms with Gasteiger partial charge in [-0.2, -0.15) is 0 Å². The number of fused-ring (bicyclic) bond motifs is 3. The lowest BCUT2D eigenvalue weighted by molar-refractivity contribution is -0.138. The average Bonchev–Trinajstić information content (AvgIpc) is 2.82. The SMILES string of the molecule is C[C@H]1NC(=O)[C@@H]2C=C[C@H](c3ccc(Cl)cc3)[C@H](c3ccc(Cl)cc3)[C@H]12.C[C@H]1NC(=O)[C@@]2(CO)[C@@H]1[C@@H](c1ccc(Cl)cc1)[C@H](c1ccc(Cl)cc1Cl)[C@@H]2O.C[C@H]1NC(=O)[C@@]2(CO)[C@@H]1[C@@H](c1ccc(Cl)cc1)[C@H](c1ccc(Cl)cc1Cl)[C@H]2O. The van der Waals surface area contributed by atoms with Crippen molar-refractivity contribution in [2.45, 2.75) is 86.6 Å². The fraction of sp³-hybridized carbons (Fsp3) is 0.349. The molecule has 3 saturated heterocycles. The van der Waals surface area contributed by atoms with Gasteiger partial charge in [-0.05, 0) is 139 Å². The van der Waals surface area contributed by atoms with Crippen molar-refractivity contribution in [3.8, 4) is 0 Å². The summed E-state index contributed by atoms with van der Waals surface area (Å²) in [5, 5.41) is 56.8. The highest BCUT2D eigenvalue weighted by atomic mass is 35.5. The van der Waals surface area contributed by atoms with E-state index in [0.717, 1.165) is 21.2 Å². The maximum atomic E-state index is 12.9. The Balaban J connectivity index is 0.000000137. The fourth-order valence-electron chi connectivity index (χ4n) is 14.8. The van der Waals surface area contributed by atoms with Crippen molar-refractivity contribution in [2.24, 2.45) is 34.5 Å². The average molecular weight is 1250 g/mol. The van der Waals surface area contributed by atoms with Crippen molar-refractivity contribution in [2.75, 3.05) is 13.2 Å². The summed E-state index contributed by atoms with van der Waals surface area (Å²) in [6.45, 7) is 5.02. The minimum Gasteiger partial charge on any atom is -0.395 e. The lowest BCUT2D eigenvalue weighted by atomic mass is 9.65. The van der Waals surface area contributed by atoms with Gasteiger partial charge in [0.15, 0.2) is 0 Å². The molecule has 12 rings (SSSR count). The van der Waals surface area contributed by atoms with E-state index in [4.69, 9.17) is 92.8 Å². The Morgan fingerprint density at radius 2 is 0.741 bits per heavy atom. The summed E-state index contributed by atoms with van der Waals surface area (Å²) in [4.78, 5) is 38.1. The van der Waals surface area contributed by atoms with Crippen molar-refractivity contribution in [1.82, 2.24) is 16.0 Å². The summed E-state index contributed by atoms with van der Waals surface area (Å²) < 4.78 is 0. The summed E-state index contributed by atoms with van der Waals surface area (Å²) in [5.74, 6) is -2.01. The minimum atomic E-state index is -1.29. The molecule has 424 valence electrons. The molecule has 7 N–H and O–H groups in total. The molecular weight excluding hydrogens is 1190 g/mol. The number of amides is 3. The number of rotatable bonds is 8. The second kappa shape index (κ2) is 23.9. The zero-order valence-electron chi connectivity index (χ0n) is 44.0. The molecule has 6 aliphatic rings. The molecule has 18 heteroatoms. The van der Waals surface area contributed by atoms with Gasteiger partial charge in [-0.15, -0.1) is 0 Å². The molecule has 3 aliphatic heterocycles. The molecule has 6 aromatic rings. The van der Waals surface area contributed by atoms with Crippen LogP contribution in [0.1, 0.15) is 89.7 Å². The first-order valence-corrected chi connectivity index (χ1v) is 29.8. The minimum absolute atomic E-state index is 0.0702. The second-order valence-electron chi connectivity index (χ2n) is 22.3. The molecule has 0 aromatic heterocycles. The van der Waals surface area contributed by atoms with Crippen molar-refractivity contribution < 1.29 is 34.8 Å². The Hall–Kier alpha value is -4.37. The third-order valence-corrected chi connectivity index (χ3v) is 20.4. The van der Waals surface area contributed by atoms with Crippen LogP contribution < -0.4 is 16.0 Å². The van der Waals surface area contributed by atoms with Crippen LogP contribution in [-0.4, -0.2) is 81.7 Å². The van der Waals surface area contributed by atoms with Crippen LogP contribution in [0, 0.1) is 34.5 Å². The molecule has 3 aliphatic carbocycles. The first-order chi connectivity index (χ1) is 38.7. The maximum Gasteiger partial charge on any atom is 0.231 e. The predicted octanol–water partition coefficient (Wildman–Crippen LogP) is 13.2. The van der Waals surface area contributed by atoms with E-state index in [-0.39, 0.29) is 83.2 Å². The van der Waals surface area contributed by atoms with Gasteiger partial charge in [0, 0.05) is 99.7 Å². The van der Waals surface area contributed by atoms with Crippen LogP contribution >= 0.6 is 92.8 Å². The molecular formula is C63H59Cl8N3O7. The van der Waals surface area contributed by atoms with Crippen LogP contribution in [0.2, 0.25) is 40.2 Å². The number of halogens is 8. The van der Waals surface area contributed by atoms with Crippen molar-refractivity contribution >= 4 is 111 Å². The zero-order chi connectivity index (χ0) is 58.0. The molecule has 0 radical (unpaired) electrons. The Morgan fingerprint density at radius 1 is 0.407 bits per heavy atom. The number of hydrogen-bond acceptors (Lipinski definition) is 7. The van der Waals surface area contributed by atoms with Crippen LogP contribution in [0.3, 0.4) is 0 Å². The number of carbonyl (C=O) groups is 3. The topological polar surface area (TPSA) is 168 Å². The van der Waals surface area contributed by atoms with E-state index in [9.17, 15) is 34.8 Å². The third-order valence-electron chi connectivity index (χ3n) is 18.3. The standard InChI is InChI=1S/2C21H20Cl3NO3.C21H19Cl2NO/c2*1-10-18-16(11-2-4-12(22)5-3-11)17(14-7-6-13(23)8-15(14)24)19(27)21(18,9-26)20(28)25-10;1-12-19-18(21(25)24-12)11-10-17(13-2-6-15(22)7-3-13)20(19)14-4-8-16(23)9-5-14/h2*2-8,10,16-19,26-27H,9H2,1H3,(H,25,28);2-12,17-20H,1H3,(H,24,25)/t10-,16+,17+,18+,19+,21+;10-,16+,17+,18+,19-,21+;12-,17-,18-,19-,20+/m111/s1. The molecule has 0 bridgehead atoms. The summed E-state index contributed by atoms with van der Waals surface area (Å²) in [7, 11) is 0. The molecule has 6 aromatic carbocycles. The van der Waals surface area contributed by atoms with Gasteiger partial charge in [0.2, 0.25) is 17.7 Å². The van der Waals surface area contributed by atoms with E-state index >= 15 is 0 Å². The number of aliphatic hydroxyl groups is 4. The number of hydrogen-bond donors (Lipinski definition) is 7. The largest absolute Gasteiger partial charge is 0.395 e. The van der Waals surface area contributed by atoms with Gasteiger partial charge in [0.25, 0.3) is 0 Å². The van der Waals surface area contributed by atoms with Gasteiger partial charge in [0.1, 0.15) is 10.8 Å². The van der Waals surface area contributed by atoms with Crippen molar-refractivity contribution in [3.05, 3.63) is 219 Å². The van der Waals surface area contributed by atoms with Crippen LogP contribution in [0.15, 0.2) is 146 Å². The van der Waals surface area contributed by atoms with Gasteiger partial charge in [-0.1, -0.05) is 166 Å². The highest BCUT2D eigenvalue weighted by molar-refractivity contribution is 6.36. The number of nitrogens with one attached hydrogen (secondary N) is 3. The molecule has 17 atom stereocenters. The fourth-order valence-corrected chi connectivity index (χ4v) is 16.4. The van der Waals surface area contributed by atoms with Crippen molar-refractivity contribution in [1.29, 1.82) is 0 Å². The van der Waals surface area contributed by atoms with Gasteiger partial charge in [-0.3, -0.25) is 14.4 Å². The lowest BCUT2D eigenvalue weighted by Crippen LogP contribution is -2.45. The molecule has 3 amide bonds. The van der Waals surface area contributed by atoms with E-state index in [1.807, 2.05) is 62.4 Å². The normalized spacial score (nSPS) is 33.3. The van der Waals surface area contributed by atoms with E-state index < -0.39 is 48.1 Å². The first kappa shape index (κ1) is 59.8. The predicted molar refractivity (Wildman–Crippen MR) is 322 cm³/mol. The molecule has 0 unspecified atom stereocenters. The van der Waals surface area contributed by atoms with Crippen molar-refractivity contribution in [3.63, 3.8) is 0 Å². The Bertz CT molecular complexity index is 3200. The van der Waals surface area contributed by atoms with E-state index in [1.165, 1.54) is 11.1 Å². The zero-order valence-corrected chi connectivity index (χ0v) is 50.0. The summed E-state index contributed by atoms with van der Waals surface area (Å²) >= 11 is 49.4. The van der Waals surface area contributed by atoms with Crippen LogP contribution in [0.25, 0.3) is 0 Å². The summed E-state index contributed by atoms with van der Waals surface area (Å²) in [6.07, 6.45) is 2.05. The smallest absolute Gasteiger partial charge is 0.231 e. The van der Waals surface area contributed by atoms with E-state index in [1.54, 1.807) is 60.7 Å². The Kier molecular flexibility index (Phi) is 17.7. The maximum absolute atomic E-state index is 12.9. The molecule has 0 spiro atoms. The monoisotopic (exact) mass is 1250 g/mol. The number of aliphatic hydroxyl groups excluding tert-OH is 4. The van der Waals surface area contributed by atoms with Crippen LogP contribution in [-0.2, 0) is 14.4 Å². The number of benzene rings is 6. The van der Waals surface area contributed by atoms with Gasteiger partial charge < -0.3 is 36.4 Å². The molecule has 5 fully saturated rings. The third kappa shape index (κ3) is 10.6. The van der Waals surface area contributed by atoms with Gasteiger partial charge in [-0.25, -0.2) is 0 Å². The molecule has 81 heavy (non-hydrogen) atoms. The lowest BCUT2D eigenvalue weighted by Gasteiger charge is -2.37. The van der Waals surface area contributed by atoms with E-state index in [2.05, 4.69) is 59.3 Å². The van der Waals surface area contributed by atoms with Crippen LogP contribution in [0.5, 0.6) is 0 Å². The number of carbonyl (C=O) groups excluding carboxylic acids is 3. The quantitative estimate of drug-likeness (QED) is 0.0745. The molecule has 2 saturated carbocycles. The number of allylic oxidation sites excluding steroid dienone is 1. The van der Waals surface area contributed by atoms with Crippen LogP contribution in [0.4, 0.5) is 0 Å². The Morgan fingerprint density at radius 3 is 1.10 bits per heavy atom. The van der Waals surface area contributed by atoms with Gasteiger partial charge in [0.05, 0.1) is 31.3 Å². The molecule has 3 heterocycles. The highest BCUT2D eigenvalue weighted by Crippen LogP contribution is 2.64. The second-order valence-corrected chi connectivity index (χ2v) is 25.8. The molecule has 10 nitrogen and oxygen atoms in total. The highest BCUT2D eigenvalue weighted by Gasteiger charge is 2.70. The Labute approximate surface area is 511 Å².